The fraction of sp³-hybridized carbons (Fsp3) is 0. The van der Waals surface area contributed by atoms with Crippen molar-refractivity contribution in [2.45, 2.75) is 0 Å². The summed E-state index contributed by atoms with van der Waals surface area (Å²) in [5.74, 6) is 0. The van der Waals surface area contributed by atoms with Crippen molar-refractivity contribution in [1.82, 2.24) is 0 Å². The molecule has 0 heterocycles. The maximum atomic E-state index is 4.39. The summed E-state index contributed by atoms with van der Waals surface area (Å²) in [4.78, 5) is 0. The van der Waals surface area contributed by atoms with Gasteiger partial charge in [0.15, 0.2) is 0 Å². The van der Waals surface area contributed by atoms with Gasteiger partial charge < -0.3 is 19.0 Å². The van der Waals surface area contributed by atoms with Crippen molar-refractivity contribution in [2.24, 2.45) is 0 Å². The van der Waals surface area contributed by atoms with E-state index in [-0.39, 0.29) is 40.1 Å². The quantitative estimate of drug-likeness (QED) is 0.462. The molecule has 4 heavy (non-hydrogen) atoms. The van der Waals surface area contributed by atoms with Gasteiger partial charge in [0.25, 0.3) is 0 Å². The van der Waals surface area contributed by atoms with Gasteiger partial charge in [-0.3, -0.25) is 6.38 Å². The molecule has 2 heteroatoms. The van der Waals surface area contributed by atoms with Gasteiger partial charge in [-0.05, 0) is 0 Å². The molecule has 0 aromatic heterocycles. The first-order valence-corrected chi connectivity index (χ1v) is 0.802. The van der Waals surface area contributed by atoms with Gasteiger partial charge in [0.1, 0.15) is 0 Å². The second kappa shape index (κ2) is 26.0. The molecule has 0 fully saturated rings. The minimum absolute atomic E-state index is 0. The molecule has 0 nitrogen and oxygen atoms in total. The van der Waals surface area contributed by atoms with Gasteiger partial charge in [-0.15, -0.1) is 0 Å². The second-order valence-corrected chi connectivity index (χ2v) is 0. The Balaban J connectivity index is -0.00000000500. The van der Waals surface area contributed by atoms with Crippen LogP contribution >= 0.6 is 11.6 Å². The van der Waals surface area contributed by atoms with Crippen LogP contribution in [-0.4, -0.2) is 0 Å². The summed E-state index contributed by atoms with van der Waals surface area (Å²) in [6.45, 7) is 0. The summed E-state index contributed by atoms with van der Waals surface area (Å²) in [6.07, 6.45) is 2.72. The van der Waals surface area contributed by atoms with Crippen molar-refractivity contribution in [3.63, 3.8) is 0 Å². The molecule has 0 aromatic carbocycles. The monoisotopic (exact) mass is 153 g/mol. The van der Waals surface area contributed by atoms with Crippen LogP contribution in [0.3, 0.4) is 0 Å². The van der Waals surface area contributed by atoms with Gasteiger partial charge in [0.2, 0.25) is 0 Å². The largest absolute Gasteiger partial charge is 3.00 e. The molecule has 0 bridgehead atoms. The van der Waals surface area contributed by atoms with Crippen LogP contribution in [0.5, 0.6) is 0 Å². The predicted molar refractivity (Wildman–Crippen MR) is 17.6 cm³/mol. The molecule has 0 N–H and O–H groups in total. The molecular weight excluding hydrogens is 148 g/mol. The Morgan fingerprint density at radius 3 is 1.25 bits per heavy atom. The maximum Gasteiger partial charge on any atom is 3.00 e. The van der Waals surface area contributed by atoms with Gasteiger partial charge in [0.05, 0.1) is 0 Å². The van der Waals surface area contributed by atoms with Gasteiger partial charge in [-0.2, -0.15) is 0 Å². The van der Waals surface area contributed by atoms with Crippen molar-refractivity contribution < 1.29 is 32.7 Å². The molecule has 0 aliphatic heterocycles. The minimum atomic E-state index is 0. The summed E-state index contributed by atoms with van der Waals surface area (Å²) >= 11 is 4.39. The number of halogens is 1. The van der Waals surface area contributed by atoms with Crippen molar-refractivity contribution in [3.8, 4) is 0 Å². The molecule has 0 aliphatic carbocycles. The average Bonchev–Trinajstić information content (AvgIpc) is 1.00. The molecular formula is C2H5ClY+. The van der Waals surface area contributed by atoms with Gasteiger partial charge in [0, 0.05) is 0 Å². The number of rotatable bonds is 0. The fourth-order valence-electron chi connectivity index (χ4n) is 0. The van der Waals surface area contributed by atoms with E-state index in [0.717, 1.165) is 0 Å². The molecule has 0 saturated heterocycles. The van der Waals surface area contributed by atoms with E-state index in [1.54, 1.807) is 0 Å². The Morgan fingerprint density at radius 2 is 1.25 bits per heavy atom. The first-order chi connectivity index (χ1) is 1.00. The standard InChI is InChI=1S/CH2Cl.CH3.Y/c1-2;;/h1H2;1H3;/q2*-1;+3. The summed E-state index contributed by atoms with van der Waals surface area (Å²) in [6, 6.07) is 0. The first-order valence-electron chi connectivity index (χ1n) is 0.267. The van der Waals surface area contributed by atoms with Crippen molar-refractivity contribution in [1.29, 1.82) is 0 Å². The molecule has 0 rings (SSSR count). The molecule has 0 spiro atoms. The van der Waals surface area contributed by atoms with Crippen LogP contribution in [0, 0.1) is 13.8 Å². The zero-order chi connectivity index (χ0) is 2.00. The van der Waals surface area contributed by atoms with E-state index in [1.807, 2.05) is 0 Å². The normalized spacial score (nSPS) is 1.50. The molecule has 0 unspecified atom stereocenters. The van der Waals surface area contributed by atoms with Crippen LogP contribution in [0.2, 0.25) is 0 Å². The zero-order valence-electron chi connectivity index (χ0n) is 2.66. The second-order valence-electron chi connectivity index (χ2n) is 0. The van der Waals surface area contributed by atoms with Crippen molar-refractivity contribution in [3.05, 3.63) is 13.8 Å². The maximum absolute atomic E-state index is 4.39. The minimum Gasteiger partial charge on any atom is -0.358 e. The third-order valence-electron chi connectivity index (χ3n) is 0. The predicted octanol–water partition coefficient (Wildman–Crippen LogP) is 1.46. The Hall–Kier alpha value is 1.39. The summed E-state index contributed by atoms with van der Waals surface area (Å²) < 4.78 is 0. The van der Waals surface area contributed by atoms with Crippen LogP contribution in [0.1, 0.15) is 0 Å². The Morgan fingerprint density at radius 1 is 1.25 bits per heavy atom. The Kier molecular flexibility index (Phi) is 118. The Labute approximate surface area is 57.8 Å². The summed E-state index contributed by atoms with van der Waals surface area (Å²) in [7, 11) is 0. The topological polar surface area (TPSA) is 0 Å². The molecule has 0 radical (unpaired) electrons. The smallest absolute Gasteiger partial charge is 0.358 e. The summed E-state index contributed by atoms with van der Waals surface area (Å²) in [5, 5.41) is 0. The average molecular weight is 153 g/mol. The van der Waals surface area contributed by atoms with Crippen LogP contribution < -0.4 is 0 Å². The fourth-order valence-corrected chi connectivity index (χ4v) is 0. The van der Waals surface area contributed by atoms with E-state index >= 15 is 0 Å². The molecule has 22 valence electrons. The summed E-state index contributed by atoms with van der Waals surface area (Å²) in [5.41, 5.74) is 0. The number of hydrogen-bond donors (Lipinski definition) is 0. The van der Waals surface area contributed by atoms with Gasteiger partial charge >= 0.3 is 32.7 Å². The van der Waals surface area contributed by atoms with Crippen molar-refractivity contribution >= 4 is 11.6 Å². The third kappa shape index (κ3) is 10.0. The molecule has 0 amide bonds. The third-order valence-corrected chi connectivity index (χ3v) is 0. The van der Waals surface area contributed by atoms with Gasteiger partial charge in [-0.1, -0.05) is 0 Å². The van der Waals surface area contributed by atoms with E-state index in [0.29, 0.717) is 0 Å². The molecule has 0 aliphatic rings. The van der Waals surface area contributed by atoms with E-state index < -0.39 is 0 Å². The van der Waals surface area contributed by atoms with Crippen LogP contribution in [-0.2, 0) is 32.7 Å². The zero-order valence-corrected chi connectivity index (χ0v) is 6.26. The van der Waals surface area contributed by atoms with E-state index in [1.165, 1.54) is 0 Å². The van der Waals surface area contributed by atoms with Gasteiger partial charge in [-0.25, -0.2) is 0 Å². The molecule has 0 atom stereocenters. The number of hydrogen-bond acceptors (Lipinski definition) is 0. The van der Waals surface area contributed by atoms with Crippen molar-refractivity contribution in [2.75, 3.05) is 0 Å². The van der Waals surface area contributed by atoms with E-state index in [2.05, 4.69) is 18.0 Å². The Bertz CT molecular complexity index is 6.00. The van der Waals surface area contributed by atoms with Crippen LogP contribution in [0.15, 0.2) is 0 Å². The first kappa shape index (κ1) is 18.2. The SMILES string of the molecule is [CH2-]Cl.[CH3-].[Y+3]. The van der Waals surface area contributed by atoms with Crippen LogP contribution in [0.4, 0.5) is 0 Å². The molecule has 0 aromatic rings. The van der Waals surface area contributed by atoms with E-state index in [9.17, 15) is 0 Å². The molecule has 0 saturated carbocycles. The van der Waals surface area contributed by atoms with E-state index in [4.69, 9.17) is 0 Å². The van der Waals surface area contributed by atoms with Crippen LogP contribution in [0.25, 0.3) is 0 Å².